The molecule has 2 amide bonds. The van der Waals surface area contributed by atoms with Crippen LogP contribution in [0.25, 0.3) is 0 Å². The summed E-state index contributed by atoms with van der Waals surface area (Å²) in [7, 11) is 0. The highest BCUT2D eigenvalue weighted by molar-refractivity contribution is 6.08. The Morgan fingerprint density at radius 3 is 2.13 bits per heavy atom. The fraction of sp³-hybridized carbons (Fsp3) is 0.167. The molecule has 0 radical (unpaired) electrons. The minimum Gasteiger partial charge on any atom is -0.365 e. The van der Waals surface area contributed by atoms with Crippen LogP contribution in [0.4, 0.5) is 25.0 Å². The average molecular weight is 419 g/mol. The van der Waals surface area contributed by atoms with Crippen molar-refractivity contribution in [1.82, 2.24) is 0 Å². The first kappa shape index (κ1) is 20.5. The molecule has 0 bridgehead atoms. The molecule has 0 aromatic heterocycles. The number of carbonyl (C=O) groups excluding carboxylic acids is 1. The molecule has 4 rings (SSSR count). The van der Waals surface area contributed by atoms with E-state index in [-0.39, 0.29) is 0 Å². The molecule has 1 saturated heterocycles. The number of benzene rings is 3. The average Bonchev–Trinajstić information content (AvgIpc) is 3.02. The molecule has 1 N–H and O–H groups in total. The molecule has 1 unspecified atom stereocenters. The summed E-state index contributed by atoms with van der Waals surface area (Å²) in [6.45, 7) is 1.82. The van der Waals surface area contributed by atoms with Crippen LogP contribution in [0.1, 0.15) is 24.5 Å². The molecule has 2 atom stereocenters. The largest absolute Gasteiger partial charge is 0.365 e. The third-order valence-corrected chi connectivity index (χ3v) is 5.51. The number of aliphatic hydroxyl groups is 1. The van der Waals surface area contributed by atoms with Crippen LogP contribution in [0.2, 0.25) is 0 Å². The maximum absolute atomic E-state index is 13.6. The predicted octanol–water partition coefficient (Wildman–Crippen LogP) is 4.91. The Balaban J connectivity index is 1.95. The third-order valence-electron chi connectivity index (χ3n) is 5.51. The summed E-state index contributed by atoms with van der Waals surface area (Å²) in [5.74, 6) is -0.927. The van der Waals surface area contributed by atoms with Crippen molar-refractivity contribution in [3.05, 3.63) is 95.6 Å². The highest BCUT2D eigenvalue weighted by Gasteiger charge is 2.58. The van der Waals surface area contributed by atoms with E-state index in [0.717, 1.165) is 0 Å². The molecule has 0 spiro atoms. The van der Waals surface area contributed by atoms with Gasteiger partial charge in [-0.15, -0.1) is 0 Å². The maximum Gasteiger partial charge on any atom is 0.332 e. The zero-order valence-corrected chi connectivity index (χ0v) is 16.7. The molecule has 3 aromatic rings. The maximum atomic E-state index is 13.6. The molecule has 1 heterocycles. The van der Waals surface area contributed by atoms with Gasteiger partial charge in [0.25, 0.3) is 0 Å². The number of hydrogen-bond donors (Lipinski definition) is 1. The first-order chi connectivity index (χ1) is 14.9. The summed E-state index contributed by atoms with van der Waals surface area (Å²) in [4.78, 5) is 16.2. The minimum absolute atomic E-state index is 0.291. The van der Waals surface area contributed by atoms with Crippen molar-refractivity contribution in [3.63, 3.8) is 0 Å². The van der Waals surface area contributed by atoms with Gasteiger partial charge in [-0.2, -0.15) is 5.26 Å². The Morgan fingerprint density at radius 1 is 1.00 bits per heavy atom. The van der Waals surface area contributed by atoms with E-state index >= 15 is 0 Å². The Hall–Kier alpha value is -3.76. The summed E-state index contributed by atoms with van der Waals surface area (Å²) < 4.78 is 27.1. The van der Waals surface area contributed by atoms with E-state index < -0.39 is 29.4 Å². The number of rotatable bonds is 4. The monoisotopic (exact) mass is 419 g/mol. The van der Waals surface area contributed by atoms with Crippen LogP contribution in [-0.2, 0) is 5.72 Å². The van der Waals surface area contributed by atoms with Crippen LogP contribution in [0, 0.1) is 23.0 Å². The fourth-order valence-corrected chi connectivity index (χ4v) is 4.11. The quantitative estimate of drug-likeness (QED) is 0.654. The molecular weight excluding hydrogens is 400 g/mol. The van der Waals surface area contributed by atoms with Crippen molar-refractivity contribution in [2.45, 2.75) is 25.1 Å². The van der Waals surface area contributed by atoms with E-state index in [4.69, 9.17) is 0 Å². The van der Waals surface area contributed by atoms with Crippen molar-refractivity contribution in [2.75, 3.05) is 9.80 Å². The molecule has 0 saturated carbocycles. The molecule has 0 aliphatic carbocycles. The molecular formula is C24H19F2N3O2. The molecule has 31 heavy (non-hydrogen) atoms. The van der Waals surface area contributed by atoms with Gasteiger partial charge in [-0.1, -0.05) is 19.1 Å². The number of halogens is 2. The van der Waals surface area contributed by atoms with E-state index in [1.807, 2.05) is 13.0 Å². The van der Waals surface area contributed by atoms with Crippen LogP contribution in [0.15, 0.2) is 72.8 Å². The van der Waals surface area contributed by atoms with Crippen LogP contribution in [-0.4, -0.2) is 17.2 Å². The van der Waals surface area contributed by atoms with Crippen molar-refractivity contribution in [2.24, 2.45) is 0 Å². The highest BCUT2D eigenvalue weighted by atomic mass is 19.1. The Kier molecular flexibility index (Phi) is 5.17. The number of amides is 2. The van der Waals surface area contributed by atoms with Crippen LogP contribution in [0.5, 0.6) is 0 Å². The van der Waals surface area contributed by atoms with Crippen molar-refractivity contribution >= 4 is 17.4 Å². The number of anilines is 2. The predicted molar refractivity (Wildman–Crippen MR) is 112 cm³/mol. The highest BCUT2D eigenvalue weighted by Crippen LogP contribution is 2.45. The lowest BCUT2D eigenvalue weighted by molar-refractivity contribution is 0.0306. The van der Waals surface area contributed by atoms with Crippen molar-refractivity contribution in [3.8, 4) is 6.07 Å². The lowest BCUT2D eigenvalue weighted by atomic mass is 9.91. The Morgan fingerprint density at radius 2 is 1.58 bits per heavy atom. The normalized spacial score (nSPS) is 20.7. The number of carbonyl (C=O) groups is 1. The van der Waals surface area contributed by atoms with E-state index in [0.29, 0.717) is 28.9 Å². The Bertz CT molecular complexity index is 1160. The Labute approximate surface area is 178 Å². The number of hydrogen-bond acceptors (Lipinski definition) is 3. The molecule has 156 valence electrons. The second kappa shape index (κ2) is 7.82. The van der Waals surface area contributed by atoms with Gasteiger partial charge >= 0.3 is 6.03 Å². The summed E-state index contributed by atoms with van der Waals surface area (Å²) in [6, 6.07) is 17.8. The molecule has 1 aliphatic heterocycles. The SMILES string of the molecule is CC[C@@H]1N(c2ccc(F)cc2)C(=O)N(c2ccc(F)cc2)C1(O)c1cccc(C#N)c1. The van der Waals surface area contributed by atoms with Crippen molar-refractivity contribution < 1.29 is 18.7 Å². The lowest BCUT2D eigenvalue weighted by Gasteiger charge is -2.37. The standard InChI is InChI=1S/C24H19F2N3O2/c1-2-22-24(31,17-5-3-4-16(14-17)15-27)29(21-12-8-19(26)9-13-21)23(30)28(22)20-10-6-18(25)7-11-20/h3-14,22,31H,2H2,1H3/t22-,24?/m0/s1. The second-order valence-electron chi connectivity index (χ2n) is 7.28. The summed E-state index contributed by atoms with van der Waals surface area (Å²) in [6.07, 6.45) is 0.355. The minimum atomic E-state index is -1.86. The second-order valence-corrected chi connectivity index (χ2v) is 7.28. The summed E-state index contributed by atoms with van der Waals surface area (Å²) >= 11 is 0. The van der Waals surface area contributed by atoms with Gasteiger partial charge < -0.3 is 5.11 Å². The topological polar surface area (TPSA) is 67.6 Å². The molecule has 5 nitrogen and oxygen atoms in total. The van der Waals surface area contributed by atoms with Gasteiger partial charge in [0, 0.05) is 16.9 Å². The van der Waals surface area contributed by atoms with Gasteiger partial charge in [0.05, 0.1) is 17.7 Å². The number of urea groups is 1. The van der Waals surface area contributed by atoms with Gasteiger partial charge in [-0.05, 0) is 67.1 Å². The van der Waals surface area contributed by atoms with Gasteiger partial charge in [0.1, 0.15) is 11.6 Å². The number of nitriles is 1. The molecule has 3 aromatic carbocycles. The number of nitrogens with zero attached hydrogens (tertiary/aromatic N) is 3. The van der Waals surface area contributed by atoms with Gasteiger partial charge in [0.2, 0.25) is 0 Å². The van der Waals surface area contributed by atoms with E-state index in [1.54, 1.807) is 18.2 Å². The van der Waals surface area contributed by atoms with Crippen molar-refractivity contribution in [1.29, 1.82) is 5.26 Å². The van der Waals surface area contributed by atoms with Crippen LogP contribution < -0.4 is 9.80 Å². The third kappa shape index (κ3) is 3.31. The summed E-state index contributed by atoms with van der Waals surface area (Å²) in [5, 5.41) is 21.4. The first-order valence-electron chi connectivity index (χ1n) is 9.77. The smallest absolute Gasteiger partial charge is 0.332 e. The molecule has 7 heteroatoms. The van der Waals surface area contributed by atoms with Crippen LogP contribution >= 0.6 is 0 Å². The van der Waals surface area contributed by atoms with Gasteiger partial charge in [-0.3, -0.25) is 9.80 Å². The fourth-order valence-electron chi connectivity index (χ4n) is 4.11. The zero-order chi connectivity index (χ0) is 22.2. The summed E-state index contributed by atoms with van der Waals surface area (Å²) in [5.41, 5.74) is -0.476. The molecule has 1 aliphatic rings. The van der Waals surface area contributed by atoms with Gasteiger partial charge in [0.15, 0.2) is 5.72 Å². The van der Waals surface area contributed by atoms with E-state index in [9.17, 15) is 23.9 Å². The van der Waals surface area contributed by atoms with E-state index in [1.165, 1.54) is 64.4 Å². The molecule has 1 fully saturated rings. The lowest BCUT2D eigenvalue weighted by Crippen LogP contribution is -2.49. The van der Waals surface area contributed by atoms with Crippen LogP contribution in [0.3, 0.4) is 0 Å². The van der Waals surface area contributed by atoms with Gasteiger partial charge in [-0.25, -0.2) is 13.6 Å². The first-order valence-corrected chi connectivity index (χ1v) is 9.77. The van der Waals surface area contributed by atoms with E-state index in [2.05, 4.69) is 0 Å². The zero-order valence-electron chi connectivity index (χ0n) is 16.7.